The highest BCUT2D eigenvalue weighted by molar-refractivity contribution is 7.80. The van der Waals surface area contributed by atoms with Crippen LogP contribution in [0.5, 0.6) is 0 Å². The zero-order valence-corrected chi connectivity index (χ0v) is 6.68. The average Bonchev–Trinajstić information content (AvgIpc) is 1.94. The summed E-state index contributed by atoms with van der Waals surface area (Å²) in [5.41, 5.74) is 1.06. The molecule has 0 unspecified atom stereocenters. The van der Waals surface area contributed by atoms with Crippen LogP contribution in [0.25, 0.3) is 0 Å². The molecule has 2 heteroatoms. The molecule has 0 saturated carbocycles. The summed E-state index contributed by atoms with van der Waals surface area (Å²) in [6.45, 7) is 0. The van der Waals surface area contributed by atoms with Gasteiger partial charge < -0.3 is 0 Å². The summed E-state index contributed by atoms with van der Waals surface area (Å²) >= 11 is 4.24. The molecule has 10 heavy (non-hydrogen) atoms. The molecule has 0 saturated heterocycles. The fourth-order valence-corrected chi connectivity index (χ4v) is 0.954. The van der Waals surface area contributed by atoms with E-state index in [-0.39, 0.29) is 0 Å². The molecule has 0 fully saturated rings. The predicted octanol–water partition coefficient (Wildman–Crippen LogP) is 2.02. The van der Waals surface area contributed by atoms with Crippen LogP contribution in [0.3, 0.4) is 0 Å². The zero-order chi connectivity index (χ0) is 7.40. The van der Waals surface area contributed by atoms with E-state index in [0.717, 1.165) is 10.5 Å². The summed E-state index contributed by atoms with van der Waals surface area (Å²) in [5.74, 6) is 0. The maximum Gasteiger partial charge on any atom is 0.0292 e. The van der Waals surface area contributed by atoms with E-state index in [1.165, 1.54) is 0 Å². The Balaban J connectivity index is 3.03. The van der Waals surface area contributed by atoms with Gasteiger partial charge in [-0.15, -0.1) is 12.6 Å². The van der Waals surface area contributed by atoms with Crippen LogP contribution in [0.2, 0.25) is 0 Å². The lowest BCUT2D eigenvalue weighted by atomic mass is 10.2. The van der Waals surface area contributed by atoms with Gasteiger partial charge in [-0.1, -0.05) is 18.2 Å². The van der Waals surface area contributed by atoms with E-state index < -0.39 is 0 Å². The second kappa shape index (κ2) is 3.42. The number of hydrogen-bond donors (Lipinski definition) is 1. The first-order valence-electron chi connectivity index (χ1n) is 3.05. The fraction of sp³-hybridized carbons (Fsp3) is 0.125. The van der Waals surface area contributed by atoms with Crippen LogP contribution in [0, 0.1) is 0 Å². The van der Waals surface area contributed by atoms with Gasteiger partial charge in [-0.05, 0) is 6.07 Å². The van der Waals surface area contributed by atoms with Gasteiger partial charge in [0.2, 0.25) is 0 Å². The summed E-state index contributed by atoms with van der Waals surface area (Å²) < 4.78 is 0. The standard InChI is InChI=1S/C8H9NS/c1-9-6-7-4-2-3-5-8(7)10/h2-6,10H,1H3. The SMILES string of the molecule is CN=Cc1ccccc1S. The van der Waals surface area contributed by atoms with Gasteiger partial charge in [-0.25, -0.2) is 0 Å². The molecule has 52 valence electrons. The Morgan fingerprint density at radius 2 is 2.10 bits per heavy atom. The van der Waals surface area contributed by atoms with Crippen LogP contribution in [-0.4, -0.2) is 13.3 Å². The number of aliphatic imine (C=N–C) groups is 1. The van der Waals surface area contributed by atoms with Gasteiger partial charge >= 0.3 is 0 Å². The Kier molecular flexibility index (Phi) is 2.51. The van der Waals surface area contributed by atoms with Gasteiger partial charge in [0, 0.05) is 23.7 Å². The molecule has 0 amide bonds. The molecular formula is C8H9NS. The monoisotopic (exact) mass is 151 g/mol. The van der Waals surface area contributed by atoms with Gasteiger partial charge in [-0.3, -0.25) is 4.99 Å². The summed E-state index contributed by atoms with van der Waals surface area (Å²) in [6.07, 6.45) is 1.79. The molecule has 0 aliphatic carbocycles. The second-order valence-electron chi connectivity index (χ2n) is 1.95. The van der Waals surface area contributed by atoms with E-state index >= 15 is 0 Å². The van der Waals surface area contributed by atoms with Crippen molar-refractivity contribution in [3.8, 4) is 0 Å². The molecule has 0 spiro atoms. The molecule has 0 atom stereocenters. The second-order valence-corrected chi connectivity index (χ2v) is 2.43. The number of rotatable bonds is 1. The minimum atomic E-state index is 0.966. The Labute approximate surface area is 66.2 Å². The molecule has 1 nitrogen and oxygen atoms in total. The van der Waals surface area contributed by atoms with Gasteiger partial charge in [-0.2, -0.15) is 0 Å². The molecule has 1 aromatic carbocycles. The number of nitrogens with zero attached hydrogens (tertiary/aromatic N) is 1. The Morgan fingerprint density at radius 1 is 1.40 bits per heavy atom. The van der Waals surface area contributed by atoms with Gasteiger partial charge in [0.25, 0.3) is 0 Å². The summed E-state index contributed by atoms with van der Waals surface area (Å²) in [4.78, 5) is 4.86. The molecule has 1 aromatic rings. The first-order chi connectivity index (χ1) is 4.84. The van der Waals surface area contributed by atoms with E-state index in [1.807, 2.05) is 24.3 Å². The lowest BCUT2D eigenvalue weighted by molar-refractivity contribution is 1.40. The Hall–Kier alpha value is -0.760. The molecule has 1 rings (SSSR count). The van der Waals surface area contributed by atoms with Crippen molar-refractivity contribution in [2.24, 2.45) is 4.99 Å². The maximum atomic E-state index is 4.24. The molecule has 0 heterocycles. The molecular weight excluding hydrogens is 142 g/mol. The van der Waals surface area contributed by atoms with Gasteiger partial charge in [0.05, 0.1) is 0 Å². The van der Waals surface area contributed by atoms with Crippen LogP contribution in [0.1, 0.15) is 5.56 Å². The van der Waals surface area contributed by atoms with Crippen LogP contribution >= 0.6 is 12.6 Å². The van der Waals surface area contributed by atoms with E-state index in [9.17, 15) is 0 Å². The largest absolute Gasteiger partial charge is 0.296 e. The third-order valence-electron chi connectivity index (χ3n) is 1.20. The van der Waals surface area contributed by atoms with Crippen molar-refractivity contribution in [2.45, 2.75) is 4.90 Å². The van der Waals surface area contributed by atoms with Crippen molar-refractivity contribution in [3.63, 3.8) is 0 Å². The molecule has 0 N–H and O–H groups in total. The van der Waals surface area contributed by atoms with Crippen molar-refractivity contribution in [3.05, 3.63) is 29.8 Å². The van der Waals surface area contributed by atoms with Crippen molar-refractivity contribution in [2.75, 3.05) is 7.05 Å². The average molecular weight is 151 g/mol. The highest BCUT2D eigenvalue weighted by Gasteiger charge is 1.89. The first kappa shape index (κ1) is 7.35. The highest BCUT2D eigenvalue weighted by atomic mass is 32.1. The number of benzene rings is 1. The Morgan fingerprint density at radius 3 is 2.70 bits per heavy atom. The molecule has 0 aliphatic rings. The van der Waals surface area contributed by atoms with Crippen LogP contribution < -0.4 is 0 Å². The van der Waals surface area contributed by atoms with E-state index in [0.29, 0.717) is 0 Å². The smallest absolute Gasteiger partial charge is 0.0292 e. The van der Waals surface area contributed by atoms with Crippen molar-refractivity contribution in [1.29, 1.82) is 0 Å². The molecule has 0 bridgehead atoms. The topological polar surface area (TPSA) is 12.4 Å². The van der Waals surface area contributed by atoms with E-state index in [2.05, 4.69) is 17.6 Å². The summed E-state index contributed by atoms with van der Waals surface area (Å²) in [5, 5.41) is 0. The van der Waals surface area contributed by atoms with Crippen molar-refractivity contribution < 1.29 is 0 Å². The van der Waals surface area contributed by atoms with Crippen LogP contribution in [0.15, 0.2) is 34.2 Å². The predicted molar refractivity (Wildman–Crippen MR) is 47.2 cm³/mol. The minimum absolute atomic E-state index is 0.966. The van der Waals surface area contributed by atoms with Crippen molar-refractivity contribution in [1.82, 2.24) is 0 Å². The van der Waals surface area contributed by atoms with Crippen LogP contribution in [0.4, 0.5) is 0 Å². The quantitative estimate of drug-likeness (QED) is 0.466. The third-order valence-corrected chi connectivity index (χ3v) is 1.61. The molecule has 0 aliphatic heterocycles. The van der Waals surface area contributed by atoms with Crippen LogP contribution in [-0.2, 0) is 0 Å². The van der Waals surface area contributed by atoms with Crippen molar-refractivity contribution >= 4 is 18.8 Å². The Bertz CT molecular complexity index is 243. The summed E-state index contributed by atoms with van der Waals surface area (Å²) in [7, 11) is 1.75. The highest BCUT2D eigenvalue weighted by Crippen LogP contribution is 2.09. The number of hydrogen-bond acceptors (Lipinski definition) is 2. The fourth-order valence-electron chi connectivity index (χ4n) is 0.736. The minimum Gasteiger partial charge on any atom is -0.296 e. The van der Waals surface area contributed by atoms with Gasteiger partial charge in [0.15, 0.2) is 0 Å². The number of thiol groups is 1. The molecule has 0 aromatic heterocycles. The lowest BCUT2D eigenvalue weighted by Crippen LogP contribution is -1.80. The zero-order valence-electron chi connectivity index (χ0n) is 5.78. The normalized spacial score (nSPS) is 10.6. The summed E-state index contributed by atoms with van der Waals surface area (Å²) in [6, 6.07) is 7.85. The van der Waals surface area contributed by atoms with E-state index in [1.54, 1.807) is 13.3 Å². The first-order valence-corrected chi connectivity index (χ1v) is 3.49. The molecule has 0 radical (unpaired) electrons. The van der Waals surface area contributed by atoms with E-state index in [4.69, 9.17) is 0 Å². The third kappa shape index (κ3) is 1.61. The van der Waals surface area contributed by atoms with Gasteiger partial charge in [0.1, 0.15) is 0 Å². The lowest BCUT2D eigenvalue weighted by Gasteiger charge is -1.94. The maximum absolute atomic E-state index is 4.24.